The van der Waals surface area contributed by atoms with Crippen molar-refractivity contribution in [2.45, 2.75) is 38.6 Å². The van der Waals surface area contributed by atoms with E-state index in [1.165, 1.54) is 6.26 Å². The van der Waals surface area contributed by atoms with E-state index < -0.39 is 23.3 Å². The standard InChI is InChI=1S/C15H20N2O5/c1-15(2)8-22-14(19)11(15)17-12(18)10-7-21-13(16-10)9-3-5-20-6-4-9/h7,9,11H,3-6,8H2,1-2H3,(H,17,18)/t11-/m1/s1. The van der Waals surface area contributed by atoms with Gasteiger partial charge in [0.15, 0.2) is 11.6 Å². The van der Waals surface area contributed by atoms with Crippen LogP contribution in [0.2, 0.25) is 0 Å². The number of carbonyl (C=O) groups excluding carboxylic acids is 2. The molecule has 3 heterocycles. The van der Waals surface area contributed by atoms with Gasteiger partial charge in [0.05, 0.1) is 6.61 Å². The first-order valence-electron chi connectivity index (χ1n) is 7.48. The second-order valence-electron chi connectivity index (χ2n) is 6.46. The van der Waals surface area contributed by atoms with Crippen molar-refractivity contribution in [3.05, 3.63) is 17.8 Å². The smallest absolute Gasteiger partial charge is 0.329 e. The fourth-order valence-corrected chi connectivity index (χ4v) is 2.73. The topological polar surface area (TPSA) is 90.7 Å². The number of rotatable bonds is 3. The van der Waals surface area contributed by atoms with Gasteiger partial charge in [-0.15, -0.1) is 0 Å². The highest BCUT2D eigenvalue weighted by Crippen LogP contribution is 2.29. The highest BCUT2D eigenvalue weighted by atomic mass is 16.5. The summed E-state index contributed by atoms with van der Waals surface area (Å²) in [6, 6.07) is -0.664. The predicted molar refractivity (Wildman–Crippen MR) is 75.3 cm³/mol. The van der Waals surface area contributed by atoms with Gasteiger partial charge in [0.25, 0.3) is 5.91 Å². The first-order chi connectivity index (χ1) is 10.5. The molecule has 0 unspecified atom stereocenters. The van der Waals surface area contributed by atoms with Crippen molar-refractivity contribution in [3.8, 4) is 0 Å². The Morgan fingerprint density at radius 2 is 2.09 bits per heavy atom. The molecule has 2 saturated heterocycles. The Bertz CT molecular complexity index is 574. The van der Waals surface area contributed by atoms with E-state index in [0.717, 1.165) is 12.8 Å². The molecule has 1 aromatic heterocycles. The number of esters is 1. The number of oxazole rings is 1. The molecule has 0 saturated carbocycles. The maximum absolute atomic E-state index is 12.3. The van der Waals surface area contributed by atoms with Crippen LogP contribution in [0.4, 0.5) is 0 Å². The molecule has 0 aromatic carbocycles. The maximum Gasteiger partial charge on any atom is 0.329 e. The van der Waals surface area contributed by atoms with E-state index in [-0.39, 0.29) is 11.6 Å². The summed E-state index contributed by atoms with van der Waals surface area (Å²) in [5.41, 5.74) is -0.239. The normalized spacial score (nSPS) is 25.0. The number of carbonyl (C=O) groups is 2. The molecular weight excluding hydrogens is 288 g/mol. The van der Waals surface area contributed by atoms with Crippen LogP contribution in [0.1, 0.15) is 49.0 Å². The molecule has 0 spiro atoms. The van der Waals surface area contributed by atoms with Crippen molar-refractivity contribution >= 4 is 11.9 Å². The van der Waals surface area contributed by atoms with Crippen LogP contribution in [-0.2, 0) is 14.3 Å². The summed E-state index contributed by atoms with van der Waals surface area (Å²) in [5.74, 6) is -0.0876. The van der Waals surface area contributed by atoms with Crippen molar-refractivity contribution in [2.75, 3.05) is 19.8 Å². The molecule has 2 aliphatic heterocycles. The Balaban J connectivity index is 1.68. The average molecular weight is 308 g/mol. The van der Waals surface area contributed by atoms with Gasteiger partial charge in [0.1, 0.15) is 12.3 Å². The molecule has 3 rings (SSSR count). The van der Waals surface area contributed by atoms with E-state index in [2.05, 4.69) is 10.3 Å². The molecule has 0 aliphatic carbocycles. The minimum atomic E-state index is -0.664. The largest absolute Gasteiger partial charge is 0.463 e. The third-order valence-electron chi connectivity index (χ3n) is 4.20. The number of aromatic nitrogens is 1. The molecule has 1 atom stereocenters. The van der Waals surface area contributed by atoms with Crippen LogP contribution in [0.25, 0.3) is 0 Å². The molecule has 1 amide bonds. The lowest BCUT2D eigenvalue weighted by Crippen LogP contribution is -2.46. The molecule has 0 bridgehead atoms. The number of ether oxygens (including phenoxy) is 2. The Morgan fingerprint density at radius 3 is 2.73 bits per heavy atom. The van der Waals surface area contributed by atoms with E-state index in [1.54, 1.807) is 0 Å². The summed E-state index contributed by atoms with van der Waals surface area (Å²) in [6.07, 6.45) is 3.01. The highest BCUT2D eigenvalue weighted by molar-refractivity contribution is 5.95. The van der Waals surface area contributed by atoms with Crippen molar-refractivity contribution in [1.29, 1.82) is 0 Å². The number of cyclic esters (lactones) is 1. The summed E-state index contributed by atoms with van der Waals surface area (Å²) in [5, 5.41) is 2.69. The van der Waals surface area contributed by atoms with Crippen molar-refractivity contribution in [2.24, 2.45) is 5.41 Å². The molecule has 0 radical (unpaired) electrons. The SMILES string of the molecule is CC1(C)COC(=O)[C@H]1NC(=O)c1coc(C2CCOCC2)n1. The second-order valence-corrected chi connectivity index (χ2v) is 6.46. The molecule has 22 heavy (non-hydrogen) atoms. The van der Waals surface area contributed by atoms with Crippen LogP contribution in [0.15, 0.2) is 10.7 Å². The zero-order valence-electron chi connectivity index (χ0n) is 12.8. The number of hydrogen-bond donors (Lipinski definition) is 1. The van der Waals surface area contributed by atoms with E-state index in [4.69, 9.17) is 13.9 Å². The quantitative estimate of drug-likeness (QED) is 0.845. The van der Waals surface area contributed by atoms with E-state index in [1.807, 2.05) is 13.8 Å². The van der Waals surface area contributed by atoms with Gasteiger partial charge >= 0.3 is 5.97 Å². The van der Waals surface area contributed by atoms with E-state index >= 15 is 0 Å². The van der Waals surface area contributed by atoms with Crippen LogP contribution in [0.3, 0.4) is 0 Å². The lowest BCUT2D eigenvalue weighted by molar-refractivity contribution is -0.139. The van der Waals surface area contributed by atoms with Gasteiger partial charge < -0.3 is 19.2 Å². The van der Waals surface area contributed by atoms with Gasteiger partial charge in [-0.1, -0.05) is 13.8 Å². The number of amides is 1. The van der Waals surface area contributed by atoms with Gasteiger partial charge in [-0.3, -0.25) is 4.79 Å². The Kier molecular flexibility index (Phi) is 3.90. The molecule has 7 heteroatoms. The maximum atomic E-state index is 12.3. The Morgan fingerprint density at radius 1 is 1.36 bits per heavy atom. The highest BCUT2D eigenvalue weighted by Gasteiger charge is 2.44. The predicted octanol–water partition coefficient (Wildman–Crippen LogP) is 1.25. The van der Waals surface area contributed by atoms with E-state index in [9.17, 15) is 9.59 Å². The van der Waals surface area contributed by atoms with Crippen molar-refractivity contribution in [1.82, 2.24) is 10.3 Å². The Labute approximate surface area is 128 Å². The molecule has 2 fully saturated rings. The zero-order chi connectivity index (χ0) is 15.7. The van der Waals surface area contributed by atoms with Gasteiger partial charge in [0, 0.05) is 24.5 Å². The number of hydrogen-bond acceptors (Lipinski definition) is 6. The van der Waals surface area contributed by atoms with Gasteiger partial charge in [-0.25, -0.2) is 9.78 Å². The second kappa shape index (κ2) is 5.72. The summed E-state index contributed by atoms with van der Waals surface area (Å²) in [7, 11) is 0. The summed E-state index contributed by atoms with van der Waals surface area (Å²) in [4.78, 5) is 28.2. The lowest BCUT2D eigenvalue weighted by Gasteiger charge is -2.22. The van der Waals surface area contributed by atoms with Crippen LogP contribution in [-0.4, -0.2) is 42.7 Å². The van der Waals surface area contributed by atoms with Crippen molar-refractivity contribution in [3.63, 3.8) is 0 Å². The fraction of sp³-hybridized carbons (Fsp3) is 0.667. The summed E-state index contributed by atoms with van der Waals surface area (Å²) >= 11 is 0. The molecular formula is C15H20N2O5. The first-order valence-corrected chi connectivity index (χ1v) is 7.48. The van der Waals surface area contributed by atoms with Crippen molar-refractivity contribution < 1.29 is 23.5 Å². The lowest BCUT2D eigenvalue weighted by atomic mass is 9.87. The molecule has 2 aliphatic rings. The number of nitrogens with one attached hydrogen (secondary N) is 1. The zero-order valence-corrected chi connectivity index (χ0v) is 12.8. The summed E-state index contributed by atoms with van der Waals surface area (Å²) in [6.45, 7) is 5.40. The van der Waals surface area contributed by atoms with Crippen LogP contribution < -0.4 is 5.32 Å². The summed E-state index contributed by atoms with van der Waals surface area (Å²) < 4.78 is 15.7. The molecule has 120 valence electrons. The van der Waals surface area contributed by atoms with E-state index in [0.29, 0.717) is 25.7 Å². The Hall–Kier alpha value is -1.89. The van der Waals surface area contributed by atoms with Crippen LogP contribution in [0.5, 0.6) is 0 Å². The van der Waals surface area contributed by atoms with Gasteiger partial charge in [0.2, 0.25) is 0 Å². The first kappa shape index (κ1) is 15.0. The molecule has 7 nitrogen and oxygen atoms in total. The number of nitrogens with zero attached hydrogens (tertiary/aromatic N) is 1. The third kappa shape index (κ3) is 2.85. The molecule has 1 aromatic rings. The van der Waals surface area contributed by atoms with Crippen LogP contribution in [0, 0.1) is 5.41 Å². The molecule has 1 N–H and O–H groups in total. The minimum absolute atomic E-state index is 0.184. The third-order valence-corrected chi connectivity index (χ3v) is 4.20. The van der Waals surface area contributed by atoms with Crippen LogP contribution >= 0.6 is 0 Å². The van der Waals surface area contributed by atoms with Gasteiger partial charge in [-0.2, -0.15) is 0 Å². The monoisotopic (exact) mass is 308 g/mol. The fourth-order valence-electron chi connectivity index (χ4n) is 2.73. The minimum Gasteiger partial charge on any atom is -0.463 e. The van der Waals surface area contributed by atoms with Gasteiger partial charge in [-0.05, 0) is 12.8 Å². The average Bonchev–Trinajstić information content (AvgIpc) is 3.09.